The highest BCUT2D eigenvalue weighted by Gasteiger charge is 2.50. The average molecular weight is 476 g/mol. The van der Waals surface area contributed by atoms with E-state index in [-0.39, 0.29) is 31.3 Å². The zero-order valence-corrected chi connectivity index (χ0v) is 20.6. The Balaban J connectivity index is 1.75. The summed E-state index contributed by atoms with van der Waals surface area (Å²) in [4.78, 5) is 30.4. The summed E-state index contributed by atoms with van der Waals surface area (Å²) < 4.78 is 17.0. The van der Waals surface area contributed by atoms with Crippen molar-refractivity contribution in [3.05, 3.63) is 29.8 Å². The van der Waals surface area contributed by atoms with E-state index in [1.807, 2.05) is 32.9 Å². The van der Waals surface area contributed by atoms with Crippen LogP contribution in [0, 0.1) is 5.92 Å². The van der Waals surface area contributed by atoms with Gasteiger partial charge in [0.15, 0.2) is 5.54 Å². The van der Waals surface area contributed by atoms with E-state index in [0.717, 1.165) is 12.8 Å². The first kappa shape index (κ1) is 26.0. The fraction of sp³-hybridized carbons (Fsp3) is 0.640. The highest BCUT2D eigenvalue weighted by molar-refractivity contribution is 6.00. The Morgan fingerprint density at radius 2 is 1.94 bits per heavy atom. The fourth-order valence-corrected chi connectivity index (χ4v) is 3.64. The minimum atomic E-state index is -1.26. The first-order valence-electron chi connectivity index (χ1n) is 12.0. The molecule has 3 rings (SSSR count). The lowest BCUT2D eigenvalue weighted by atomic mass is 9.88. The number of esters is 1. The second-order valence-electron chi connectivity index (χ2n) is 9.92. The fourth-order valence-electron chi connectivity index (χ4n) is 3.64. The molecule has 9 nitrogen and oxygen atoms in total. The standard InChI is InChI=1S/C25H37N3O6/c1-17-25(13-12-21(30)34-24(2,3)4,23(31)28-26-16-18-6-7-18)27-22(33-17)19-8-10-20(11-9-19)32-15-5-14-29/h8-11,17-18,26,29H,5-7,12-16H2,1-4H3,(H,28,31)/t17-,25-/m0/s1. The Kier molecular flexibility index (Phi) is 8.54. The van der Waals surface area contributed by atoms with Crippen molar-refractivity contribution >= 4 is 17.8 Å². The van der Waals surface area contributed by atoms with Crippen LogP contribution < -0.4 is 15.6 Å². The van der Waals surface area contributed by atoms with Crippen LogP contribution in [-0.4, -0.2) is 59.9 Å². The maximum Gasteiger partial charge on any atom is 0.306 e. The van der Waals surface area contributed by atoms with Gasteiger partial charge in [0.25, 0.3) is 5.91 Å². The molecule has 2 atom stereocenters. The molecular formula is C25H37N3O6. The topological polar surface area (TPSA) is 118 Å². The highest BCUT2D eigenvalue weighted by Crippen LogP contribution is 2.34. The van der Waals surface area contributed by atoms with E-state index in [2.05, 4.69) is 10.9 Å². The first-order valence-corrected chi connectivity index (χ1v) is 12.0. The number of hydrogen-bond donors (Lipinski definition) is 3. The van der Waals surface area contributed by atoms with Gasteiger partial charge in [0.05, 0.1) is 6.61 Å². The number of carbonyl (C=O) groups is 2. The molecule has 1 amide bonds. The van der Waals surface area contributed by atoms with Crippen molar-refractivity contribution in [2.24, 2.45) is 10.9 Å². The number of nitrogens with zero attached hydrogens (tertiary/aromatic N) is 1. The van der Waals surface area contributed by atoms with Gasteiger partial charge in [0.1, 0.15) is 17.5 Å². The molecule has 0 spiro atoms. The van der Waals surface area contributed by atoms with E-state index in [0.29, 0.717) is 42.7 Å². The molecule has 1 aromatic rings. The average Bonchev–Trinajstić information content (AvgIpc) is 3.53. The van der Waals surface area contributed by atoms with Gasteiger partial charge >= 0.3 is 5.97 Å². The molecule has 9 heteroatoms. The Bertz CT molecular complexity index is 876. The molecule has 0 saturated heterocycles. The molecule has 0 unspecified atom stereocenters. The van der Waals surface area contributed by atoms with Gasteiger partial charge in [-0.3, -0.25) is 15.0 Å². The predicted molar refractivity (Wildman–Crippen MR) is 127 cm³/mol. The largest absolute Gasteiger partial charge is 0.494 e. The SMILES string of the molecule is C[C@@H]1OC(c2ccc(OCCCO)cc2)=N[C@]1(CCC(=O)OC(C)(C)C)C(=O)NNCC1CC1. The summed E-state index contributed by atoms with van der Waals surface area (Å²) in [6.45, 7) is 8.42. The van der Waals surface area contributed by atoms with E-state index in [9.17, 15) is 9.59 Å². The van der Waals surface area contributed by atoms with E-state index in [4.69, 9.17) is 24.3 Å². The predicted octanol–water partition coefficient (Wildman–Crippen LogP) is 2.50. The molecule has 1 aliphatic heterocycles. The molecule has 0 radical (unpaired) electrons. The Morgan fingerprint density at radius 3 is 2.56 bits per heavy atom. The van der Waals surface area contributed by atoms with Crippen LogP contribution in [0.5, 0.6) is 5.75 Å². The summed E-state index contributed by atoms with van der Waals surface area (Å²) in [5.74, 6) is 0.888. The van der Waals surface area contributed by atoms with Crippen LogP contribution in [0.25, 0.3) is 0 Å². The lowest BCUT2D eigenvalue weighted by Crippen LogP contribution is -2.55. The second kappa shape index (κ2) is 11.2. The minimum Gasteiger partial charge on any atom is -0.494 e. The van der Waals surface area contributed by atoms with Gasteiger partial charge in [-0.15, -0.1) is 0 Å². The van der Waals surface area contributed by atoms with Crippen molar-refractivity contribution in [1.82, 2.24) is 10.9 Å². The van der Waals surface area contributed by atoms with Crippen LogP contribution in [0.1, 0.15) is 65.4 Å². The number of ether oxygens (including phenoxy) is 3. The molecule has 188 valence electrons. The van der Waals surface area contributed by atoms with E-state index < -0.39 is 17.2 Å². The molecule has 1 aliphatic carbocycles. The molecular weight excluding hydrogens is 438 g/mol. The summed E-state index contributed by atoms with van der Waals surface area (Å²) >= 11 is 0. The van der Waals surface area contributed by atoms with E-state index in [1.165, 1.54) is 0 Å². The molecule has 0 bridgehead atoms. The number of aliphatic hydroxyl groups excluding tert-OH is 1. The smallest absolute Gasteiger partial charge is 0.306 e. The Labute approximate surface area is 201 Å². The molecule has 2 aliphatic rings. The van der Waals surface area contributed by atoms with Crippen molar-refractivity contribution in [3.8, 4) is 5.75 Å². The zero-order chi connectivity index (χ0) is 24.8. The number of amides is 1. The highest BCUT2D eigenvalue weighted by atomic mass is 16.6. The third-order valence-electron chi connectivity index (χ3n) is 5.75. The molecule has 1 heterocycles. The Morgan fingerprint density at radius 1 is 1.24 bits per heavy atom. The number of hydrogen-bond acceptors (Lipinski definition) is 8. The number of aliphatic hydroxyl groups is 1. The number of hydrazine groups is 1. The van der Waals surface area contributed by atoms with Gasteiger partial charge in [0.2, 0.25) is 5.90 Å². The summed E-state index contributed by atoms with van der Waals surface area (Å²) in [5, 5.41) is 8.89. The molecule has 1 saturated carbocycles. The Hall–Kier alpha value is -2.65. The number of nitrogens with one attached hydrogen (secondary N) is 2. The van der Waals surface area contributed by atoms with Crippen LogP contribution >= 0.6 is 0 Å². The maximum absolute atomic E-state index is 13.3. The van der Waals surface area contributed by atoms with Crippen molar-refractivity contribution in [3.63, 3.8) is 0 Å². The van der Waals surface area contributed by atoms with Gasteiger partial charge in [0, 0.05) is 31.6 Å². The normalized spacial score (nSPS) is 22.0. The van der Waals surface area contributed by atoms with Crippen LogP contribution in [0.15, 0.2) is 29.3 Å². The van der Waals surface area contributed by atoms with Crippen molar-refractivity contribution in [2.45, 2.75) is 77.0 Å². The third-order valence-corrected chi connectivity index (χ3v) is 5.75. The lowest BCUT2D eigenvalue weighted by molar-refractivity contribution is -0.155. The van der Waals surface area contributed by atoms with Gasteiger partial charge in [-0.25, -0.2) is 10.4 Å². The summed E-state index contributed by atoms with van der Waals surface area (Å²) in [6, 6.07) is 7.21. The zero-order valence-electron chi connectivity index (χ0n) is 20.6. The third kappa shape index (κ3) is 7.17. The molecule has 1 fully saturated rings. The van der Waals surface area contributed by atoms with Crippen LogP contribution in [-0.2, 0) is 19.1 Å². The van der Waals surface area contributed by atoms with Crippen LogP contribution in [0.3, 0.4) is 0 Å². The van der Waals surface area contributed by atoms with Crippen molar-refractivity contribution in [1.29, 1.82) is 0 Å². The van der Waals surface area contributed by atoms with Crippen molar-refractivity contribution in [2.75, 3.05) is 19.8 Å². The molecule has 1 aromatic carbocycles. The first-order chi connectivity index (χ1) is 16.1. The molecule has 0 aromatic heterocycles. The second-order valence-corrected chi connectivity index (χ2v) is 9.92. The maximum atomic E-state index is 13.3. The number of rotatable bonds is 12. The molecule has 3 N–H and O–H groups in total. The monoisotopic (exact) mass is 475 g/mol. The lowest BCUT2D eigenvalue weighted by Gasteiger charge is -2.28. The van der Waals surface area contributed by atoms with E-state index >= 15 is 0 Å². The van der Waals surface area contributed by atoms with Gasteiger partial charge in [-0.1, -0.05) is 0 Å². The summed E-state index contributed by atoms with van der Waals surface area (Å²) in [7, 11) is 0. The van der Waals surface area contributed by atoms with Crippen LogP contribution in [0.4, 0.5) is 0 Å². The van der Waals surface area contributed by atoms with Gasteiger partial charge in [-0.2, -0.15) is 0 Å². The van der Waals surface area contributed by atoms with Crippen LogP contribution in [0.2, 0.25) is 0 Å². The number of benzene rings is 1. The van der Waals surface area contributed by atoms with Gasteiger partial charge in [-0.05, 0) is 77.1 Å². The minimum absolute atomic E-state index is 0.0371. The summed E-state index contributed by atoms with van der Waals surface area (Å²) in [5.41, 5.74) is 4.62. The van der Waals surface area contributed by atoms with Gasteiger partial charge < -0.3 is 19.3 Å². The quantitative estimate of drug-likeness (QED) is 0.241. The number of carbonyl (C=O) groups excluding carboxylic acids is 2. The molecule has 34 heavy (non-hydrogen) atoms. The summed E-state index contributed by atoms with van der Waals surface area (Å²) in [6.07, 6.45) is 2.50. The van der Waals surface area contributed by atoms with E-state index in [1.54, 1.807) is 19.1 Å². The van der Waals surface area contributed by atoms with Crippen molar-refractivity contribution < 1.29 is 28.9 Å². The number of aliphatic imine (C=N–C) groups is 1.